The van der Waals surface area contributed by atoms with Gasteiger partial charge in [0.15, 0.2) is 11.4 Å². The van der Waals surface area contributed by atoms with Crippen LogP contribution in [0.4, 0.5) is 11.4 Å². The van der Waals surface area contributed by atoms with Gasteiger partial charge in [-0.25, -0.2) is 0 Å². The molecule has 5 nitrogen and oxygen atoms in total. The molecule has 4 rings (SSSR count). The van der Waals surface area contributed by atoms with Gasteiger partial charge >= 0.3 is 0 Å². The van der Waals surface area contributed by atoms with Crippen molar-refractivity contribution in [2.24, 2.45) is 10.2 Å². The highest BCUT2D eigenvalue weighted by Crippen LogP contribution is 2.33. The second-order valence-electron chi connectivity index (χ2n) is 6.23. The van der Waals surface area contributed by atoms with E-state index in [2.05, 4.69) is 10.2 Å². The number of fused-ring (bicyclic) bond motifs is 1. The van der Waals surface area contributed by atoms with Crippen LogP contribution in [0.5, 0.6) is 5.75 Å². The highest BCUT2D eigenvalue weighted by Gasteiger charge is 2.17. The van der Waals surface area contributed by atoms with E-state index in [1.807, 2.05) is 73.7 Å². The van der Waals surface area contributed by atoms with Crippen LogP contribution in [0.2, 0.25) is 0 Å². The molecule has 0 unspecified atom stereocenters. The molecule has 5 heteroatoms. The van der Waals surface area contributed by atoms with Gasteiger partial charge in [0.05, 0.1) is 11.2 Å². The lowest BCUT2D eigenvalue weighted by atomic mass is 10.1. The maximum atomic E-state index is 13.1. The van der Waals surface area contributed by atoms with Crippen LogP contribution >= 0.6 is 0 Å². The van der Waals surface area contributed by atoms with Gasteiger partial charge in [-0.3, -0.25) is 9.36 Å². The average molecular weight is 355 g/mol. The molecule has 0 atom stereocenters. The third-order valence-electron chi connectivity index (χ3n) is 4.34. The molecule has 0 radical (unpaired) electrons. The predicted molar refractivity (Wildman–Crippen MR) is 107 cm³/mol. The Morgan fingerprint density at radius 1 is 0.815 bits per heavy atom. The van der Waals surface area contributed by atoms with Crippen LogP contribution in [-0.2, 0) is 0 Å². The van der Waals surface area contributed by atoms with Gasteiger partial charge in [-0.05, 0) is 43.3 Å². The van der Waals surface area contributed by atoms with Crippen LogP contribution in [0, 0.1) is 6.92 Å². The van der Waals surface area contributed by atoms with Gasteiger partial charge in [0.1, 0.15) is 0 Å². The maximum Gasteiger partial charge on any atom is 0.287 e. The second-order valence-corrected chi connectivity index (χ2v) is 6.23. The summed E-state index contributed by atoms with van der Waals surface area (Å²) in [6.45, 7) is 1.98. The largest absolute Gasteiger partial charge is 0.505 e. The van der Waals surface area contributed by atoms with Crippen molar-refractivity contribution in [1.29, 1.82) is 0 Å². The molecule has 0 saturated heterocycles. The first-order valence-electron chi connectivity index (χ1n) is 8.56. The number of azo groups is 1. The summed E-state index contributed by atoms with van der Waals surface area (Å²) in [6, 6.07) is 23.9. The van der Waals surface area contributed by atoms with Crippen LogP contribution < -0.4 is 5.56 Å². The maximum absolute atomic E-state index is 13.1. The van der Waals surface area contributed by atoms with Gasteiger partial charge in [0, 0.05) is 11.1 Å². The first-order chi connectivity index (χ1) is 13.1. The molecule has 0 aliphatic rings. The zero-order valence-corrected chi connectivity index (χ0v) is 14.7. The number of pyridine rings is 1. The summed E-state index contributed by atoms with van der Waals surface area (Å²) < 4.78 is 1.54. The summed E-state index contributed by atoms with van der Waals surface area (Å²) >= 11 is 0. The molecule has 4 aromatic rings. The third kappa shape index (κ3) is 3.11. The Labute approximate surface area is 155 Å². The summed E-state index contributed by atoms with van der Waals surface area (Å²) in [6.07, 6.45) is 0. The number of hydrogen-bond acceptors (Lipinski definition) is 4. The first kappa shape index (κ1) is 16.7. The summed E-state index contributed by atoms with van der Waals surface area (Å²) in [7, 11) is 0. The van der Waals surface area contributed by atoms with Crippen molar-refractivity contribution in [2.45, 2.75) is 6.92 Å². The van der Waals surface area contributed by atoms with Gasteiger partial charge in [-0.1, -0.05) is 48.0 Å². The third-order valence-corrected chi connectivity index (χ3v) is 4.34. The zero-order chi connectivity index (χ0) is 18.8. The van der Waals surface area contributed by atoms with Gasteiger partial charge in [0.25, 0.3) is 5.56 Å². The molecule has 1 heterocycles. The Morgan fingerprint density at radius 3 is 2.22 bits per heavy atom. The summed E-state index contributed by atoms with van der Waals surface area (Å²) in [5.41, 5.74) is 2.52. The van der Waals surface area contributed by atoms with Gasteiger partial charge in [-0.15, -0.1) is 5.11 Å². The molecule has 0 bridgehead atoms. The number of rotatable bonds is 3. The Hall–Kier alpha value is -3.73. The number of benzene rings is 3. The van der Waals surface area contributed by atoms with Crippen molar-refractivity contribution < 1.29 is 5.11 Å². The smallest absolute Gasteiger partial charge is 0.287 e. The van der Waals surface area contributed by atoms with Crippen molar-refractivity contribution in [3.8, 4) is 11.4 Å². The normalized spacial score (nSPS) is 11.3. The second kappa shape index (κ2) is 6.88. The molecule has 1 N–H and O–H groups in total. The van der Waals surface area contributed by atoms with Crippen molar-refractivity contribution in [2.75, 3.05) is 0 Å². The standard InChI is InChI=1S/C22H17N3O2/c1-15-11-13-16(14-12-15)23-24-20-21(26)18-9-5-6-10-19(18)25(22(20)27)17-7-3-2-4-8-17/h2-14,26H,1H3. The highest BCUT2D eigenvalue weighted by molar-refractivity contribution is 5.90. The summed E-state index contributed by atoms with van der Waals surface area (Å²) in [4.78, 5) is 13.1. The zero-order valence-electron chi connectivity index (χ0n) is 14.7. The molecular formula is C22H17N3O2. The minimum Gasteiger partial charge on any atom is -0.505 e. The van der Waals surface area contributed by atoms with E-state index in [0.29, 0.717) is 22.3 Å². The van der Waals surface area contributed by atoms with Crippen molar-refractivity contribution in [3.63, 3.8) is 0 Å². The fourth-order valence-corrected chi connectivity index (χ4v) is 2.96. The fraction of sp³-hybridized carbons (Fsp3) is 0.0455. The fourth-order valence-electron chi connectivity index (χ4n) is 2.96. The van der Waals surface area contributed by atoms with Gasteiger partial charge in [-0.2, -0.15) is 5.11 Å². The lowest BCUT2D eigenvalue weighted by Crippen LogP contribution is -2.18. The Bertz CT molecular complexity index is 1190. The van der Waals surface area contributed by atoms with Crippen LogP contribution in [-0.4, -0.2) is 9.67 Å². The topological polar surface area (TPSA) is 67.0 Å². The van der Waals surface area contributed by atoms with Crippen LogP contribution in [0.25, 0.3) is 16.6 Å². The van der Waals surface area contributed by atoms with E-state index in [1.54, 1.807) is 16.7 Å². The molecule has 1 aromatic heterocycles. The molecule has 0 amide bonds. The van der Waals surface area contributed by atoms with E-state index in [0.717, 1.165) is 5.56 Å². The molecule has 0 saturated carbocycles. The van der Waals surface area contributed by atoms with E-state index < -0.39 is 5.56 Å². The Morgan fingerprint density at radius 2 is 1.48 bits per heavy atom. The predicted octanol–water partition coefficient (Wildman–Crippen LogP) is 5.42. The average Bonchev–Trinajstić information content (AvgIpc) is 2.70. The van der Waals surface area contributed by atoms with Crippen molar-refractivity contribution >= 4 is 22.3 Å². The lowest BCUT2D eigenvalue weighted by molar-refractivity contribution is 0.481. The van der Waals surface area contributed by atoms with E-state index in [4.69, 9.17) is 0 Å². The number of aromatic nitrogens is 1. The van der Waals surface area contributed by atoms with E-state index in [9.17, 15) is 9.90 Å². The number of aromatic hydroxyl groups is 1. The summed E-state index contributed by atoms with van der Waals surface area (Å²) in [5.74, 6) is -0.168. The Balaban J connectivity index is 1.96. The molecular weight excluding hydrogens is 338 g/mol. The van der Waals surface area contributed by atoms with Gasteiger partial charge in [0.2, 0.25) is 0 Å². The minimum atomic E-state index is -0.423. The molecule has 0 aliphatic carbocycles. The van der Waals surface area contributed by atoms with E-state index >= 15 is 0 Å². The van der Waals surface area contributed by atoms with Crippen LogP contribution in [0.1, 0.15) is 5.56 Å². The van der Waals surface area contributed by atoms with Gasteiger partial charge < -0.3 is 5.11 Å². The molecule has 27 heavy (non-hydrogen) atoms. The van der Waals surface area contributed by atoms with Crippen molar-refractivity contribution in [1.82, 2.24) is 4.57 Å². The van der Waals surface area contributed by atoms with Crippen molar-refractivity contribution in [3.05, 3.63) is 94.8 Å². The number of para-hydroxylation sites is 2. The SMILES string of the molecule is Cc1ccc(N=Nc2c(O)c3ccccc3n(-c3ccccc3)c2=O)cc1. The van der Waals surface area contributed by atoms with Crippen LogP contribution in [0.15, 0.2) is 93.9 Å². The molecule has 0 fully saturated rings. The molecule has 0 spiro atoms. The summed E-state index contributed by atoms with van der Waals surface area (Å²) in [5, 5.41) is 19.4. The van der Waals surface area contributed by atoms with Crippen LogP contribution in [0.3, 0.4) is 0 Å². The number of hydrogen-bond donors (Lipinski definition) is 1. The van der Waals surface area contributed by atoms with E-state index in [1.165, 1.54) is 0 Å². The number of aryl methyl sites for hydroxylation is 1. The first-order valence-corrected chi connectivity index (χ1v) is 8.56. The van der Waals surface area contributed by atoms with E-state index in [-0.39, 0.29) is 11.4 Å². The lowest BCUT2D eigenvalue weighted by Gasteiger charge is -2.12. The quantitative estimate of drug-likeness (QED) is 0.499. The highest BCUT2D eigenvalue weighted by atomic mass is 16.3. The molecule has 0 aliphatic heterocycles. The molecule has 3 aromatic carbocycles. The number of nitrogens with zero attached hydrogens (tertiary/aromatic N) is 3. The molecule has 132 valence electrons. The monoisotopic (exact) mass is 355 g/mol. The minimum absolute atomic E-state index is 0.0851. The Kier molecular flexibility index (Phi) is 4.26.